The summed E-state index contributed by atoms with van der Waals surface area (Å²) in [5, 5.41) is 0.756. The van der Waals surface area contributed by atoms with E-state index in [1.54, 1.807) is 6.20 Å². The van der Waals surface area contributed by atoms with Crippen molar-refractivity contribution in [3.05, 3.63) is 93.1 Å². The van der Waals surface area contributed by atoms with Gasteiger partial charge in [-0.3, -0.25) is 0 Å². The molecule has 3 nitrogen and oxygen atoms in total. The summed E-state index contributed by atoms with van der Waals surface area (Å²) in [4.78, 5) is 5.75. The van der Waals surface area contributed by atoms with Gasteiger partial charge in [0.05, 0.1) is 5.02 Å². The molecule has 0 amide bonds. The minimum absolute atomic E-state index is 0.0273. The first-order chi connectivity index (χ1) is 17.5. The Morgan fingerprint density at radius 3 is 2.57 bits per heavy atom. The second-order valence-corrected chi connectivity index (χ2v) is 14.6. The van der Waals surface area contributed by atoms with Gasteiger partial charge in [0.1, 0.15) is 27.0 Å². The lowest BCUT2D eigenvalue weighted by Gasteiger charge is -2.38. The van der Waals surface area contributed by atoms with Crippen LogP contribution >= 0.6 is 35.0 Å². The van der Waals surface area contributed by atoms with Gasteiger partial charge in [0.25, 0.3) is 0 Å². The molecule has 37 heavy (non-hydrogen) atoms. The molecule has 0 aliphatic heterocycles. The van der Waals surface area contributed by atoms with Crippen molar-refractivity contribution in [3.8, 4) is 0 Å². The molecule has 0 N–H and O–H groups in total. The van der Waals surface area contributed by atoms with Crippen LogP contribution in [0.3, 0.4) is 0 Å². The summed E-state index contributed by atoms with van der Waals surface area (Å²) in [6.07, 6.45) is 13.3. The molecule has 1 saturated carbocycles. The number of benzene rings is 1. The third-order valence-electron chi connectivity index (χ3n) is 7.26. The van der Waals surface area contributed by atoms with Crippen LogP contribution in [0.25, 0.3) is 0 Å². The second kappa shape index (κ2) is 11.7. The van der Waals surface area contributed by atoms with Gasteiger partial charge < -0.3 is 4.55 Å². The number of hydrogen-bond donors (Lipinski definition) is 0. The molecule has 0 saturated heterocycles. The number of rotatable bonds is 6. The first-order valence-electron chi connectivity index (χ1n) is 12.6. The van der Waals surface area contributed by atoms with Crippen molar-refractivity contribution in [2.24, 2.45) is 15.7 Å². The summed E-state index contributed by atoms with van der Waals surface area (Å²) in [6, 6.07) is 10.4. The van der Waals surface area contributed by atoms with Crippen LogP contribution in [0.1, 0.15) is 64.5 Å². The van der Waals surface area contributed by atoms with Crippen molar-refractivity contribution in [1.29, 1.82) is 0 Å². The Morgan fingerprint density at radius 2 is 1.89 bits per heavy atom. The zero-order valence-corrected chi connectivity index (χ0v) is 25.0. The maximum Gasteiger partial charge on any atom is 0.148 e. The van der Waals surface area contributed by atoms with Gasteiger partial charge in [-0.05, 0) is 89.0 Å². The standard InChI is InChI=1S/C30H34Cl2N2OS2/c1-6-21(12-11-20(2)36-25-15-18-33-28(32)26(25)31)22-13-16-30(17-14-22)19-23-9-7-8-10-24(23)27(30)34-37(35)29(3,4)5/h6-12,15,18,22H,2,13-14,16-17,19H2,1,3-5H3/b12-11-,21-6+,34-27+/t22-,30+,37-/m1/s1. The largest absolute Gasteiger partial charge is 0.591 e. The summed E-state index contributed by atoms with van der Waals surface area (Å²) < 4.78 is 17.6. The van der Waals surface area contributed by atoms with E-state index in [-0.39, 0.29) is 10.2 Å². The summed E-state index contributed by atoms with van der Waals surface area (Å²) in [5.41, 5.74) is 4.88. The number of hydrogen-bond acceptors (Lipinski definition) is 4. The Labute approximate surface area is 238 Å². The van der Waals surface area contributed by atoms with Gasteiger partial charge in [-0.25, -0.2) is 4.98 Å². The zero-order chi connectivity index (χ0) is 26.8. The molecule has 0 radical (unpaired) electrons. The van der Waals surface area contributed by atoms with E-state index in [4.69, 9.17) is 27.6 Å². The molecule has 0 bridgehead atoms. The monoisotopic (exact) mass is 572 g/mol. The molecule has 7 heteroatoms. The summed E-state index contributed by atoms with van der Waals surface area (Å²) in [6.45, 7) is 12.3. The summed E-state index contributed by atoms with van der Waals surface area (Å²) in [7, 11) is 0. The highest BCUT2D eigenvalue weighted by atomic mass is 35.5. The highest BCUT2D eigenvalue weighted by molar-refractivity contribution is 8.03. The lowest BCUT2D eigenvalue weighted by atomic mass is 9.66. The number of allylic oxidation sites excluding steroid dienone is 4. The number of pyridine rings is 1. The number of fused-ring (bicyclic) bond motifs is 1. The quantitative estimate of drug-likeness (QED) is 0.150. The van der Waals surface area contributed by atoms with Crippen molar-refractivity contribution in [2.75, 3.05) is 0 Å². The van der Waals surface area contributed by atoms with Crippen LogP contribution < -0.4 is 0 Å². The van der Waals surface area contributed by atoms with Gasteiger partial charge in [0, 0.05) is 27.0 Å². The molecule has 1 heterocycles. The number of aromatic nitrogens is 1. The van der Waals surface area contributed by atoms with E-state index in [1.165, 1.54) is 28.5 Å². The molecule has 2 aliphatic carbocycles. The Bertz CT molecular complexity index is 1250. The molecule has 2 aromatic rings. The minimum atomic E-state index is -1.28. The Hall–Kier alpha value is -1.50. The topological polar surface area (TPSA) is 48.3 Å². The number of nitrogens with zero attached hydrogens (tertiary/aromatic N) is 2. The van der Waals surface area contributed by atoms with E-state index in [0.29, 0.717) is 16.1 Å². The van der Waals surface area contributed by atoms with Gasteiger partial charge in [-0.1, -0.05) is 82.4 Å². The maximum atomic E-state index is 13.1. The van der Waals surface area contributed by atoms with Crippen molar-refractivity contribution in [2.45, 2.75) is 69.4 Å². The molecule has 1 aromatic carbocycles. The van der Waals surface area contributed by atoms with E-state index < -0.39 is 11.4 Å². The van der Waals surface area contributed by atoms with E-state index in [1.807, 2.05) is 26.8 Å². The lowest BCUT2D eigenvalue weighted by molar-refractivity contribution is 0.249. The Kier molecular flexibility index (Phi) is 9.02. The molecule has 196 valence electrons. The van der Waals surface area contributed by atoms with Gasteiger partial charge in [-0.2, -0.15) is 0 Å². The van der Waals surface area contributed by atoms with Crippen molar-refractivity contribution >= 4 is 52.0 Å². The summed E-state index contributed by atoms with van der Waals surface area (Å²) >= 11 is 12.6. The molecule has 1 atom stereocenters. The second-order valence-electron chi connectivity index (χ2n) is 10.8. The molecule has 1 spiro atoms. The zero-order valence-electron chi connectivity index (χ0n) is 21.9. The van der Waals surface area contributed by atoms with E-state index >= 15 is 0 Å². The van der Waals surface area contributed by atoms with Crippen molar-refractivity contribution in [1.82, 2.24) is 4.98 Å². The third kappa shape index (κ3) is 6.39. The first-order valence-corrected chi connectivity index (χ1v) is 15.3. The van der Waals surface area contributed by atoms with Crippen LogP contribution in [0.4, 0.5) is 0 Å². The molecule has 1 fully saturated rings. The number of thioether (sulfide) groups is 1. The van der Waals surface area contributed by atoms with Crippen LogP contribution in [-0.2, 0) is 17.8 Å². The van der Waals surface area contributed by atoms with Crippen LogP contribution in [0.5, 0.6) is 0 Å². The molecule has 4 rings (SSSR count). The van der Waals surface area contributed by atoms with Gasteiger partial charge in [0.2, 0.25) is 0 Å². The fourth-order valence-electron chi connectivity index (χ4n) is 5.24. The highest BCUT2D eigenvalue weighted by Gasteiger charge is 2.47. The molecule has 0 unspecified atom stereocenters. The SMILES string of the molecule is C=C(/C=C\C(=C/C)[C@H]1CC[C@@]2(CC1)Cc1ccccc1/C2=N\[S@+]([O-])C(C)(C)C)Sc1ccnc(Cl)c1Cl. The molecular weight excluding hydrogens is 539 g/mol. The first kappa shape index (κ1) is 28.5. The Morgan fingerprint density at radius 1 is 1.19 bits per heavy atom. The molecular formula is C30H34Cl2N2OS2. The normalized spacial score (nSPS) is 24.1. The van der Waals surface area contributed by atoms with Gasteiger partial charge in [0.15, 0.2) is 0 Å². The fourth-order valence-corrected chi connectivity index (χ4v) is 7.14. The van der Waals surface area contributed by atoms with Crippen molar-refractivity contribution in [3.63, 3.8) is 0 Å². The van der Waals surface area contributed by atoms with E-state index in [2.05, 4.69) is 61.0 Å². The predicted molar refractivity (Wildman–Crippen MR) is 161 cm³/mol. The van der Waals surface area contributed by atoms with Crippen LogP contribution in [0.15, 0.2) is 81.1 Å². The predicted octanol–water partition coefficient (Wildman–Crippen LogP) is 9.18. The lowest BCUT2D eigenvalue weighted by Crippen LogP contribution is -2.36. The molecule has 1 aromatic heterocycles. The van der Waals surface area contributed by atoms with E-state index in [9.17, 15) is 4.55 Å². The minimum Gasteiger partial charge on any atom is -0.591 e. The van der Waals surface area contributed by atoms with Crippen molar-refractivity contribution < 1.29 is 4.55 Å². The van der Waals surface area contributed by atoms with Crippen LogP contribution in [0, 0.1) is 11.3 Å². The van der Waals surface area contributed by atoms with Crippen LogP contribution in [-0.4, -0.2) is 20.0 Å². The smallest absolute Gasteiger partial charge is 0.148 e. The van der Waals surface area contributed by atoms with E-state index in [0.717, 1.165) is 47.6 Å². The average molecular weight is 574 g/mol. The van der Waals surface area contributed by atoms with Gasteiger partial charge >= 0.3 is 0 Å². The molecule has 2 aliphatic rings. The number of halogens is 2. The van der Waals surface area contributed by atoms with Gasteiger partial charge in [-0.15, -0.1) is 0 Å². The highest BCUT2D eigenvalue weighted by Crippen LogP contribution is 2.51. The Balaban J connectivity index is 1.47. The third-order valence-corrected chi connectivity index (χ3v) is 10.5. The average Bonchev–Trinajstić information content (AvgIpc) is 3.15. The van der Waals surface area contributed by atoms with Crippen LogP contribution in [0.2, 0.25) is 10.2 Å². The summed E-state index contributed by atoms with van der Waals surface area (Å²) in [5.74, 6) is 0.474. The maximum absolute atomic E-state index is 13.1. The fraction of sp³-hybridized carbons (Fsp3) is 0.400.